The van der Waals surface area contributed by atoms with Crippen molar-refractivity contribution >= 4 is 22.8 Å². The molecule has 0 aliphatic heterocycles. The number of carboxylic acids is 1. The Balaban J connectivity index is 1.53. The first-order valence-corrected chi connectivity index (χ1v) is 10.3. The van der Waals surface area contributed by atoms with Crippen molar-refractivity contribution in [2.24, 2.45) is 5.92 Å². The molecule has 1 unspecified atom stereocenters. The predicted octanol–water partition coefficient (Wildman–Crippen LogP) is 3.72. The highest BCUT2D eigenvalue weighted by Crippen LogP contribution is 2.33. The number of hydrogen-bond donors (Lipinski definition) is 2. The summed E-state index contributed by atoms with van der Waals surface area (Å²) < 4.78 is 15.7. The summed E-state index contributed by atoms with van der Waals surface area (Å²) in [6, 6.07) is 14.3. The van der Waals surface area contributed by atoms with Gasteiger partial charge < -0.3 is 15.0 Å². The molecule has 2 atom stereocenters. The Hall–Kier alpha value is -3.15. The SMILES string of the molecule is C[C@H](Cc1ccccc1)C(=O)NC1CCc2c(c3cc(F)ccc3n2CC(=O)O)C1. The number of carboxylic acid groups (broad SMARTS) is 1. The molecule has 1 aliphatic rings. The van der Waals surface area contributed by atoms with E-state index in [4.69, 9.17) is 0 Å². The van der Waals surface area contributed by atoms with Crippen molar-refractivity contribution in [1.82, 2.24) is 9.88 Å². The third-order valence-electron chi connectivity index (χ3n) is 5.90. The van der Waals surface area contributed by atoms with Crippen LogP contribution >= 0.6 is 0 Å². The zero-order chi connectivity index (χ0) is 21.3. The van der Waals surface area contributed by atoms with Crippen LogP contribution in [0.3, 0.4) is 0 Å². The zero-order valence-corrected chi connectivity index (χ0v) is 16.9. The number of amides is 1. The van der Waals surface area contributed by atoms with Crippen molar-refractivity contribution < 1.29 is 19.1 Å². The minimum absolute atomic E-state index is 0.00718. The highest BCUT2D eigenvalue weighted by molar-refractivity contribution is 5.87. The van der Waals surface area contributed by atoms with E-state index in [1.807, 2.05) is 37.3 Å². The minimum atomic E-state index is -0.927. The van der Waals surface area contributed by atoms with Crippen molar-refractivity contribution in [1.29, 1.82) is 0 Å². The maximum Gasteiger partial charge on any atom is 0.323 e. The summed E-state index contributed by atoms with van der Waals surface area (Å²) in [5.74, 6) is -1.42. The second kappa shape index (κ2) is 8.30. The average Bonchev–Trinajstić information content (AvgIpc) is 3.00. The molecule has 4 rings (SSSR count). The summed E-state index contributed by atoms with van der Waals surface area (Å²) in [6.07, 6.45) is 2.63. The summed E-state index contributed by atoms with van der Waals surface area (Å²) in [5, 5.41) is 13.2. The van der Waals surface area contributed by atoms with Crippen LogP contribution in [0, 0.1) is 11.7 Å². The first-order valence-electron chi connectivity index (χ1n) is 10.3. The lowest BCUT2D eigenvalue weighted by Gasteiger charge is -2.26. The molecule has 5 nitrogen and oxygen atoms in total. The molecule has 0 saturated carbocycles. The fourth-order valence-electron chi connectivity index (χ4n) is 4.46. The summed E-state index contributed by atoms with van der Waals surface area (Å²) in [5.41, 5.74) is 3.73. The quantitative estimate of drug-likeness (QED) is 0.653. The van der Waals surface area contributed by atoms with Gasteiger partial charge in [0.2, 0.25) is 5.91 Å². The number of carbonyl (C=O) groups is 2. The highest BCUT2D eigenvalue weighted by atomic mass is 19.1. The smallest absolute Gasteiger partial charge is 0.323 e. The van der Waals surface area contributed by atoms with Crippen molar-refractivity contribution in [3.63, 3.8) is 0 Å². The number of aliphatic carboxylic acids is 1. The number of aromatic nitrogens is 1. The van der Waals surface area contributed by atoms with Crippen LogP contribution in [-0.2, 0) is 35.4 Å². The van der Waals surface area contributed by atoms with Crippen LogP contribution in [0.2, 0.25) is 0 Å². The van der Waals surface area contributed by atoms with Gasteiger partial charge in [0.15, 0.2) is 0 Å². The monoisotopic (exact) mass is 408 g/mol. The maximum atomic E-state index is 13.9. The highest BCUT2D eigenvalue weighted by Gasteiger charge is 2.28. The van der Waals surface area contributed by atoms with E-state index in [1.54, 1.807) is 10.6 Å². The number of carbonyl (C=O) groups excluding carboxylic acids is 1. The molecular weight excluding hydrogens is 383 g/mol. The van der Waals surface area contributed by atoms with Crippen LogP contribution in [0.1, 0.15) is 30.2 Å². The van der Waals surface area contributed by atoms with Gasteiger partial charge in [0.1, 0.15) is 12.4 Å². The van der Waals surface area contributed by atoms with Gasteiger partial charge in [0.25, 0.3) is 0 Å². The maximum absolute atomic E-state index is 13.9. The second-order valence-electron chi connectivity index (χ2n) is 8.11. The van der Waals surface area contributed by atoms with Crippen LogP contribution in [-0.4, -0.2) is 27.6 Å². The Labute approximate surface area is 174 Å². The van der Waals surface area contributed by atoms with Gasteiger partial charge >= 0.3 is 5.97 Å². The van der Waals surface area contributed by atoms with Crippen LogP contribution in [0.15, 0.2) is 48.5 Å². The first kappa shape index (κ1) is 20.1. The van der Waals surface area contributed by atoms with Gasteiger partial charge in [0, 0.05) is 28.6 Å². The Kier molecular flexibility index (Phi) is 5.57. The molecule has 2 N–H and O–H groups in total. The molecule has 0 bridgehead atoms. The lowest BCUT2D eigenvalue weighted by atomic mass is 9.90. The van der Waals surface area contributed by atoms with E-state index in [9.17, 15) is 19.1 Å². The van der Waals surface area contributed by atoms with Crippen LogP contribution in [0.25, 0.3) is 10.9 Å². The Morgan fingerprint density at radius 2 is 2.00 bits per heavy atom. The number of nitrogens with one attached hydrogen (secondary N) is 1. The average molecular weight is 408 g/mol. The van der Waals surface area contributed by atoms with Gasteiger partial charge in [-0.15, -0.1) is 0 Å². The van der Waals surface area contributed by atoms with Crippen LogP contribution < -0.4 is 5.32 Å². The number of benzene rings is 2. The van der Waals surface area contributed by atoms with E-state index in [2.05, 4.69) is 5.32 Å². The van der Waals surface area contributed by atoms with Gasteiger partial charge in [-0.2, -0.15) is 0 Å². The van der Waals surface area contributed by atoms with E-state index >= 15 is 0 Å². The molecule has 1 heterocycles. The van der Waals surface area contributed by atoms with E-state index in [0.717, 1.165) is 34.1 Å². The first-order chi connectivity index (χ1) is 14.4. The fraction of sp³-hybridized carbons (Fsp3) is 0.333. The molecule has 30 heavy (non-hydrogen) atoms. The van der Waals surface area contributed by atoms with Crippen molar-refractivity contribution in [3.8, 4) is 0 Å². The van der Waals surface area contributed by atoms with Gasteiger partial charge in [0.05, 0.1) is 0 Å². The summed E-state index contributed by atoms with van der Waals surface area (Å²) in [4.78, 5) is 24.1. The predicted molar refractivity (Wildman–Crippen MR) is 113 cm³/mol. The van der Waals surface area contributed by atoms with Crippen LogP contribution in [0.4, 0.5) is 4.39 Å². The largest absolute Gasteiger partial charge is 0.480 e. The molecular formula is C24H25FN2O3. The Morgan fingerprint density at radius 1 is 1.23 bits per heavy atom. The molecule has 1 amide bonds. The van der Waals surface area contributed by atoms with Crippen molar-refractivity contribution in [3.05, 3.63) is 71.2 Å². The summed E-state index contributed by atoms with van der Waals surface area (Å²) >= 11 is 0. The molecule has 0 saturated heterocycles. The van der Waals surface area contributed by atoms with E-state index in [0.29, 0.717) is 19.3 Å². The van der Waals surface area contributed by atoms with Crippen molar-refractivity contribution in [2.75, 3.05) is 0 Å². The molecule has 0 radical (unpaired) electrons. The normalized spacial score (nSPS) is 16.8. The van der Waals surface area contributed by atoms with Gasteiger partial charge in [-0.25, -0.2) is 4.39 Å². The topological polar surface area (TPSA) is 71.3 Å². The van der Waals surface area contributed by atoms with Gasteiger partial charge in [-0.1, -0.05) is 37.3 Å². The summed E-state index contributed by atoms with van der Waals surface area (Å²) in [6.45, 7) is 1.77. The van der Waals surface area contributed by atoms with Gasteiger partial charge in [-0.05, 0) is 55.0 Å². The fourth-order valence-corrected chi connectivity index (χ4v) is 4.46. The van der Waals surface area contributed by atoms with Crippen molar-refractivity contribution in [2.45, 2.75) is 45.2 Å². The lowest BCUT2D eigenvalue weighted by molar-refractivity contribution is -0.137. The molecule has 3 aromatic rings. The third-order valence-corrected chi connectivity index (χ3v) is 5.90. The standard InChI is InChI=1S/C24H25FN2O3/c1-15(11-16-5-3-2-4-6-16)24(30)26-18-8-10-22-20(13-18)19-12-17(25)7-9-21(19)27(22)14-23(28)29/h2-7,9,12,15,18H,8,10-11,13-14H2,1H3,(H,26,30)(H,28,29)/t15-,18?/m1/s1. The van der Waals surface area contributed by atoms with E-state index in [1.165, 1.54) is 12.1 Å². The number of rotatable bonds is 6. The Morgan fingerprint density at radius 3 is 2.73 bits per heavy atom. The third kappa shape index (κ3) is 4.08. The lowest BCUT2D eigenvalue weighted by Crippen LogP contribution is -2.42. The molecule has 2 aromatic carbocycles. The molecule has 1 aromatic heterocycles. The number of nitrogens with zero attached hydrogens (tertiary/aromatic N) is 1. The summed E-state index contributed by atoms with van der Waals surface area (Å²) in [7, 11) is 0. The van der Waals surface area contributed by atoms with E-state index < -0.39 is 5.97 Å². The van der Waals surface area contributed by atoms with Crippen LogP contribution in [0.5, 0.6) is 0 Å². The molecule has 1 aliphatic carbocycles. The minimum Gasteiger partial charge on any atom is -0.480 e. The number of fused-ring (bicyclic) bond motifs is 3. The number of hydrogen-bond acceptors (Lipinski definition) is 2. The molecule has 6 heteroatoms. The zero-order valence-electron chi connectivity index (χ0n) is 16.9. The Bertz CT molecular complexity index is 1090. The molecule has 156 valence electrons. The molecule has 0 fully saturated rings. The second-order valence-corrected chi connectivity index (χ2v) is 8.11. The van der Waals surface area contributed by atoms with Gasteiger partial charge in [-0.3, -0.25) is 9.59 Å². The number of halogens is 1. The molecule has 0 spiro atoms. The van der Waals surface area contributed by atoms with E-state index in [-0.39, 0.29) is 30.2 Å².